The molecule has 2 N–H and O–H groups in total. The van der Waals surface area contributed by atoms with Crippen molar-refractivity contribution < 1.29 is 5.11 Å². The van der Waals surface area contributed by atoms with Crippen LogP contribution >= 0.6 is 0 Å². The molecule has 0 aromatic heterocycles. The highest BCUT2D eigenvalue weighted by molar-refractivity contribution is 4.89. The van der Waals surface area contributed by atoms with Crippen molar-refractivity contribution in [3.8, 4) is 0 Å². The second-order valence-corrected chi connectivity index (χ2v) is 5.61. The number of nitrogens with one attached hydrogen (secondary N) is 1. The molecular weight excluding hydrogens is 174 g/mol. The molecule has 2 atom stereocenters. The van der Waals surface area contributed by atoms with Gasteiger partial charge in [-0.2, -0.15) is 0 Å². The monoisotopic (exact) mass is 199 g/mol. The smallest absolute Gasteiger partial charge is 0.0776 e. The van der Waals surface area contributed by atoms with Gasteiger partial charge in [-0.1, -0.05) is 27.7 Å². The lowest BCUT2D eigenvalue weighted by Crippen LogP contribution is -2.47. The van der Waals surface area contributed by atoms with E-state index in [0.29, 0.717) is 17.9 Å². The Kier molecular flexibility index (Phi) is 3.96. The first kappa shape index (κ1) is 12.0. The van der Waals surface area contributed by atoms with Crippen LogP contribution in [0.25, 0.3) is 0 Å². The fourth-order valence-corrected chi connectivity index (χ4v) is 2.77. The quantitative estimate of drug-likeness (QED) is 0.730. The summed E-state index contributed by atoms with van der Waals surface area (Å²) in [5.41, 5.74) is -0.457. The first-order valence-electron chi connectivity index (χ1n) is 5.87. The molecule has 0 radical (unpaired) electrons. The molecule has 0 aromatic rings. The zero-order valence-corrected chi connectivity index (χ0v) is 10.0. The predicted octanol–water partition coefficient (Wildman–Crippen LogP) is 2.17. The summed E-state index contributed by atoms with van der Waals surface area (Å²) < 4.78 is 0. The Balaban J connectivity index is 2.46. The Morgan fingerprint density at radius 3 is 2.21 bits per heavy atom. The van der Waals surface area contributed by atoms with Crippen LogP contribution < -0.4 is 5.32 Å². The average Bonchev–Trinajstić information content (AvgIpc) is 1.98. The van der Waals surface area contributed by atoms with Crippen LogP contribution in [0.2, 0.25) is 0 Å². The molecule has 0 aromatic carbocycles. The van der Waals surface area contributed by atoms with Crippen molar-refractivity contribution in [1.82, 2.24) is 5.32 Å². The lowest BCUT2D eigenvalue weighted by Gasteiger charge is -2.39. The van der Waals surface area contributed by atoms with Gasteiger partial charge in [-0.05, 0) is 31.1 Å². The minimum absolute atomic E-state index is 0.457. The van der Waals surface area contributed by atoms with Crippen molar-refractivity contribution in [3.63, 3.8) is 0 Å². The maximum atomic E-state index is 10.4. The molecule has 1 saturated carbocycles. The van der Waals surface area contributed by atoms with E-state index in [0.717, 1.165) is 19.4 Å². The van der Waals surface area contributed by atoms with E-state index < -0.39 is 5.60 Å². The SMILES string of the molecule is CC1CC(C)CC(O)(CNC(C)C)C1. The topological polar surface area (TPSA) is 32.3 Å². The van der Waals surface area contributed by atoms with Crippen LogP contribution in [0.5, 0.6) is 0 Å². The van der Waals surface area contributed by atoms with Crippen LogP contribution in [-0.4, -0.2) is 23.3 Å². The number of hydrogen-bond donors (Lipinski definition) is 2. The van der Waals surface area contributed by atoms with Gasteiger partial charge < -0.3 is 10.4 Å². The lowest BCUT2D eigenvalue weighted by atomic mass is 9.73. The second kappa shape index (κ2) is 4.63. The maximum Gasteiger partial charge on any atom is 0.0776 e. The molecule has 84 valence electrons. The van der Waals surface area contributed by atoms with E-state index in [9.17, 15) is 5.11 Å². The van der Waals surface area contributed by atoms with Gasteiger partial charge in [0.05, 0.1) is 5.60 Å². The van der Waals surface area contributed by atoms with Crippen LogP contribution in [0, 0.1) is 11.8 Å². The molecule has 2 unspecified atom stereocenters. The van der Waals surface area contributed by atoms with Crippen LogP contribution in [0.3, 0.4) is 0 Å². The van der Waals surface area contributed by atoms with Gasteiger partial charge in [-0.25, -0.2) is 0 Å². The van der Waals surface area contributed by atoms with Crippen molar-refractivity contribution in [1.29, 1.82) is 0 Å². The molecule has 1 aliphatic rings. The Labute approximate surface area is 88.1 Å². The summed E-state index contributed by atoms with van der Waals surface area (Å²) >= 11 is 0. The summed E-state index contributed by atoms with van der Waals surface area (Å²) in [6.07, 6.45) is 3.18. The second-order valence-electron chi connectivity index (χ2n) is 5.61. The highest BCUT2D eigenvalue weighted by Gasteiger charge is 2.35. The summed E-state index contributed by atoms with van der Waals surface area (Å²) in [4.78, 5) is 0. The van der Waals surface area contributed by atoms with Crippen molar-refractivity contribution >= 4 is 0 Å². The number of hydrogen-bond acceptors (Lipinski definition) is 2. The van der Waals surface area contributed by atoms with Crippen LogP contribution in [0.1, 0.15) is 47.0 Å². The number of aliphatic hydroxyl groups is 1. The van der Waals surface area contributed by atoms with Gasteiger partial charge in [0.2, 0.25) is 0 Å². The maximum absolute atomic E-state index is 10.4. The van der Waals surface area contributed by atoms with E-state index in [1.807, 2.05) is 0 Å². The summed E-state index contributed by atoms with van der Waals surface area (Å²) in [5.74, 6) is 1.33. The molecule has 0 spiro atoms. The number of rotatable bonds is 3. The lowest BCUT2D eigenvalue weighted by molar-refractivity contribution is -0.0307. The van der Waals surface area contributed by atoms with Crippen molar-refractivity contribution in [2.75, 3.05) is 6.54 Å². The first-order valence-corrected chi connectivity index (χ1v) is 5.87. The molecule has 1 aliphatic carbocycles. The molecule has 1 rings (SSSR count). The van der Waals surface area contributed by atoms with Crippen LogP contribution in [-0.2, 0) is 0 Å². The molecule has 2 nitrogen and oxygen atoms in total. The molecule has 0 bridgehead atoms. The van der Waals surface area contributed by atoms with Crippen LogP contribution in [0.15, 0.2) is 0 Å². The van der Waals surface area contributed by atoms with E-state index in [-0.39, 0.29) is 0 Å². The van der Waals surface area contributed by atoms with Crippen molar-refractivity contribution in [2.24, 2.45) is 11.8 Å². The fraction of sp³-hybridized carbons (Fsp3) is 1.00. The first-order chi connectivity index (χ1) is 6.41. The van der Waals surface area contributed by atoms with E-state index >= 15 is 0 Å². The van der Waals surface area contributed by atoms with Gasteiger partial charge in [0.1, 0.15) is 0 Å². The zero-order valence-electron chi connectivity index (χ0n) is 10.0. The molecule has 0 heterocycles. The Hall–Kier alpha value is -0.0800. The third kappa shape index (κ3) is 3.58. The van der Waals surface area contributed by atoms with E-state index in [4.69, 9.17) is 0 Å². The van der Waals surface area contributed by atoms with Crippen molar-refractivity contribution in [2.45, 2.75) is 58.6 Å². The van der Waals surface area contributed by atoms with Gasteiger partial charge in [0.25, 0.3) is 0 Å². The molecule has 1 fully saturated rings. The third-order valence-corrected chi connectivity index (χ3v) is 3.10. The van der Waals surface area contributed by atoms with Crippen molar-refractivity contribution in [3.05, 3.63) is 0 Å². The zero-order chi connectivity index (χ0) is 10.8. The minimum Gasteiger partial charge on any atom is -0.389 e. The van der Waals surface area contributed by atoms with E-state index in [1.165, 1.54) is 6.42 Å². The summed E-state index contributed by atoms with van der Waals surface area (Å²) in [5, 5.41) is 13.7. The summed E-state index contributed by atoms with van der Waals surface area (Å²) in [6.45, 7) is 9.49. The normalized spacial score (nSPS) is 39.0. The summed E-state index contributed by atoms with van der Waals surface area (Å²) in [6, 6.07) is 0.464. The van der Waals surface area contributed by atoms with Crippen LogP contribution in [0.4, 0.5) is 0 Å². The molecule has 0 aliphatic heterocycles. The minimum atomic E-state index is -0.457. The predicted molar refractivity (Wildman–Crippen MR) is 60.3 cm³/mol. The Morgan fingerprint density at radius 2 is 1.79 bits per heavy atom. The van der Waals surface area contributed by atoms with Gasteiger partial charge in [0, 0.05) is 12.6 Å². The van der Waals surface area contributed by atoms with E-state index in [2.05, 4.69) is 33.0 Å². The molecule has 2 heteroatoms. The third-order valence-electron chi connectivity index (χ3n) is 3.10. The van der Waals surface area contributed by atoms with Gasteiger partial charge >= 0.3 is 0 Å². The fourth-order valence-electron chi connectivity index (χ4n) is 2.77. The molecule has 14 heavy (non-hydrogen) atoms. The molecule has 0 saturated heterocycles. The molecular formula is C12H25NO. The standard InChI is InChI=1S/C12H25NO/c1-9(2)13-8-12(14)6-10(3)5-11(4)7-12/h9-11,13-14H,5-8H2,1-4H3. The molecule has 0 amide bonds. The van der Waals surface area contributed by atoms with Gasteiger partial charge in [-0.3, -0.25) is 0 Å². The van der Waals surface area contributed by atoms with E-state index in [1.54, 1.807) is 0 Å². The van der Waals surface area contributed by atoms with Gasteiger partial charge in [-0.15, -0.1) is 0 Å². The summed E-state index contributed by atoms with van der Waals surface area (Å²) in [7, 11) is 0. The average molecular weight is 199 g/mol. The Bertz CT molecular complexity index is 169. The highest BCUT2D eigenvalue weighted by Crippen LogP contribution is 2.35. The van der Waals surface area contributed by atoms with Gasteiger partial charge in [0.15, 0.2) is 0 Å². The largest absolute Gasteiger partial charge is 0.389 e. The highest BCUT2D eigenvalue weighted by atomic mass is 16.3. The Morgan fingerprint density at radius 1 is 1.29 bits per heavy atom.